The second-order valence-corrected chi connectivity index (χ2v) is 7.94. The summed E-state index contributed by atoms with van der Waals surface area (Å²) in [6, 6.07) is 0. The number of unbranched alkanes of at least 4 members (excludes halogenated alkanes) is 16. The van der Waals surface area contributed by atoms with Gasteiger partial charge in [0.1, 0.15) is 0 Å². The average Bonchev–Trinajstić information content (AvgIpc) is 2.65. The van der Waals surface area contributed by atoms with Crippen LogP contribution >= 0.6 is 0 Å². The molecule has 0 fully saturated rings. The quantitative estimate of drug-likeness (QED) is 0.108. The molecule has 0 atom stereocenters. The molecular formula is C24H48Ag2O4. The van der Waals surface area contributed by atoms with Crippen molar-refractivity contribution in [2.75, 3.05) is 0 Å². The van der Waals surface area contributed by atoms with Crippen molar-refractivity contribution in [1.29, 1.82) is 0 Å². The van der Waals surface area contributed by atoms with Crippen LogP contribution in [0, 0.1) is 0 Å². The first-order valence-electron chi connectivity index (χ1n) is 12.0. The largest absolute Gasteiger partial charge is 0.481 e. The van der Waals surface area contributed by atoms with Crippen LogP contribution in [0.3, 0.4) is 0 Å². The van der Waals surface area contributed by atoms with E-state index in [1.807, 2.05) is 0 Å². The molecule has 0 saturated heterocycles. The van der Waals surface area contributed by atoms with Crippen LogP contribution in [0.5, 0.6) is 0 Å². The Kier molecular flexibility index (Phi) is 42.8. The molecule has 0 aromatic heterocycles. The number of hydrogen-bond donors (Lipinski definition) is 2. The monoisotopic (exact) mass is 614 g/mol. The summed E-state index contributed by atoms with van der Waals surface area (Å²) in [5, 5.41) is 16.7. The zero-order valence-corrected chi connectivity index (χ0v) is 22.4. The van der Waals surface area contributed by atoms with Crippen molar-refractivity contribution >= 4 is 11.9 Å². The van der Waals surface area contributed by atoms with Gasteiger partial charge in [0.25, 0.3) is 0 Å². The Balaban J connectivity index is -0.000000288. The van der Waals surface area contributed by atoms with E-state index >= 15 is 0 Å². The van der Waals surface area contributed by atoms with Gasteiger partial charge < -0.3 is 10.2 Å². The molecule has 0 saturated carbocycles. The van der Waals surface area contributed by atoms with Crippen LogP contribution in [0.25, 0.3) is 0 Å². The topological polar surface area (TPSA) is 74.6 Å². The SMILES string of the molecule is CCCCCC(=O)O.CCCCCCCCCCCCCCCCCC(=O)O.[Ag].[Ag]. The third-order valence-corrected chi connectivity index (χ3v) is 4.99. The van der Waals surface area contributed by atoms with Gasteiger partial charge in [0, 0.05) is 57.6 Å². The van der Waals surface area contributed by atoms with E-state index in [-0.39, 0.29) is 44.8 Å². The summed E-state index contributed by atoms with van der Waals surface area (Å²) in [5.41, 5.74) is 0. The number of carboxylic acids is 2. The van der Waals surface area contributed by atoms with Crippen LogP contribution in [-0.2, 0) is 54.3 Å². The van der Waals surface area contributed by atoms with Gasteiger partial charge in [-0.05, 0) is 12.8 Å². The molecule has 2 N–H and O–H groups in total. The number of rotatable bonds is 20. The molecule has 0 aliphatic rings. The minimum Gasteiger partial charge on any atom is -0.481 e. The fraction of sp³-hybridized carbons (Fsp3) is 0.917. The van der Waals surface area contributed by atoms with Gasteiger partial charge in [-0.25, -0.2) is 0 Å². The van der Waals surface area contributed by atoms with E-state index in [1.165, 1.54) is 83.5 Å². The Morgan fingerprint density at radius 3 is 0.900 bits per heavy atom. The first kappa shape index (κ1) is 37.7. The third-order valence-electron chi connectivity index (χ3n) is 4.99. The average molecular weight is 616 g/mol. The fourth-order valence-corrected chi connectivity index (χ4v) is 3.17. The van der Waals surface area contributed by atoms with Crippen molar-refractivity contribution in [2.45, 2.75) is 142 Å². The second-order valence-electron chi connectivity index (χ2n) is 7.94. The van der Waals surface area contributed by atoms with Gasteiger partial charge >= 0.3 is 11.9 Å². The predicted octanol–water partition coefficient (Wildman–Crippen LogP) is 7.98. The molecule has 0 bridgehead atoms. The van der Waals surface area contributed by atoms with Crippen LogP contribution in [0.4, 0.5) is 0 Å². The van der Waals surface area contributed by atoms with E-state index < -0.39 is 11.9 Å². The molecule has 2 radical (unpaired) electrons. The molecule has 0 heterocycles. The molecule has 6 heteroatoms. The molecular weight excluding hydrogens is 568 g/mol. The minimum atomic E-state index is -0.682. The molecule has 0 aromatic rings. The maximum atomic E-state index is 10.3. The summed E-state index contributed by atoms with van der Waals surface area (Å²) in [6.45, 7) is 4.33. The summed E-state index contributed by atoms with van der Waals surface area (Å²) >= 11 is 0. The van der Waals surface area contributed by atoms with Crippen molar-refractivity contribution in [3.63, 3.8) is 0 Å². The molecule has 0 rings (SSSR count). The Bertz CT molecular complexity index is 339. The molecule has 0 spiro atoms. The van der Waals surface area contributed by atoms with Crippen molar-refractivity contribution < 1.29 is 64.6 Å². The van der Waals surface area contributed by atoms with E-state index in [1.54, 1.807) is 0 Å². The smallest absolute Gasteiger partial charge is 0.303 e. The second kappa shape index (κ2) is 34.0. The Morgan fingerprint density at radius 2 is 0.633 bits per heavy atom. The van der Waals surface area contributed by atoms with Crippen molar-refractivity contribution in [3.8, 4) is 0 Å². The minimum absolute atomic E-state index is 0. The summed E-state index contributed by atoms with van der Waals surface area (Å²) in [6.07, 6.45) is 23.5. The zero-order valence-electron chi connectivity index (χ0n) is 19.5. The predicted molar refractivity (Wildman–Crippen MR) is 119 cm³/mol. The van der Waals surface area contributed by atoms with Gasteiger partial charge in [-0.3, -0.25) is 9.59 Å². The molecule has 0 aliphatic heterocycles. The maximum Gasteiger partial charge on any atom is 0.303 e. The van der Waals surface area contributed by atoms with Crippen molar-refractivity contribution in [1.82, 2.24) is 0 Å². The van der Waals surface area contributed by atoms with Crippen LogP contribution < -0.4 is 0 Å². The van der Waals surface area contributed by atoms with Gasteiger partial charge in [0.05, 0.1) is 0 Å². The van der Waals surface area contributed by atoms with E-state index in [0.717, 1.165) is 32.1 Å². The number of carboxylic acid groups (broad SMARTS) is 2. The van der Waals surface area contributed by atoms with E-state index in [0.29, 0.717) is 12.8 Å². The fourth-order valence-electron chi connectivity index (χ4n) is 3.17. The van der Waals surface area contributed by atoms with Crippen LogP contribution in [-0.4, -0.2) is 22.2 Å². The standard InChI is InChI=1S/C18H36O2.C6H12O2.2Ag/c1-2-3-4-5-6-7-8-9-10-11-12-13-14-15-16-17-18(19)20;1-2-3-4-5-6(7)8;;/h2-17H2,1H3,(H,19,20);2-5H2,1H3,(H,7,8);;. The van der Waals surface area contributed by atoms with Gasteiger partial charge in [0.2, 0.25) is 0 Å². The first-order valence-corrected chi connectivity index (χ1v) is 12.0. The normalized spacial score (nSPS) is 9.67. The first-order chi connectivity index (χ1) is 13.5. The Hall–Kier alpha value is 0.421. The van der Waals surface area contributed by atoms with Crippen molar-refractivity contribution in [2.24, 2.45) is 0 Å². The molecule has 4 nitrogen and oxygen atoms in total. The molecule has 30 heavy (non-hydrogen) atoms. The van der Waals surface area contributed by atoms with Gasteiger partial charge in [0.15, 0.2) is 0 Å². The summed E-state index contributed by atoms with van der Waals surface area (Å²) in [7, 11) is 0. The van der Waals surface area contributed by atoms with Gasteiger partial charge in [-0.15, -0.1) is 0 Å². The maximum absolute atomic E-state index is 10.3. The summed E-state index contributed by atoms with van der Waals surface area (Å²) in [5.74, 6) is -1.34. The molecule has 0 aromatic carbocycles. The van der Waals surface area contributed by atoms with Crippen LogP contribution in [0.15, 0.2) is 0 Å². The molecule has 0 aliphatic carbocycles. The van der Waals surface area contributed by atoms with Gasteiger partial charge in [-0.2, -0.15) is 0 Å². The van der Waals surface area contributed by atoms with E-state index in [4.69, 9.17) is 10.2 Å². The van der Waals surface area contributed by atoms with Crippen LogP contribution in [0.1, 0.15) is 142 Å². The van der Waals surface area contributed by atoms with Gasteiger partial charge in [-0.1, -0.05) is 117 Å². The Labute approximate surface area is 217 Å². The third kappa shape index (κ3) is 42.5. The number of aliphatic carboxylic acids is 2. The molecule has 190 valence electrons. The zero-order chi connectivity index (χ0) is 21.3. The van der Waals surface area contributed by atoms with Crippen molar-refractivity contribution in [3.05, 3.63) is 0 Å². The summed E-state index contributed by atoms with van der Waals surface area (Å²) < 4.78 is 0. The summed E-state index contributed by atoms with van der Waals surface area (Å²) in [4.78, 5) is 20.2. The Morgan fingerprint density at radius 1 is 0.433 bits per heavy atom. The van der Waals surface area contributed by atoms with E-state index in [2.05, 4.69) is 13.8 Å². The molecule has 0 amide bonds. The van der Waals surface area contributed by atoms with Crippen LogP contribution in [0.2, 0.25) is 0 Å². The molecule has 0 unspecified atom stereocenters. The number of hydrogen-bond acceptors (Lipinski definition) is 2. The number of carbonyl (C=O) groups is 2. The van der Waals surface area contributed by atoms with E-state index in [9.17, 15) is 9.59 Å².